The smallest absolute Gasteiger partial charge is 0.343 e. The van der Waals surface area contributed by atoms with E-state index >= 15 is 0 Å². The molecule has 0 saturated heterocycles. The second kappa shape index (κ2) is 5.67. The maximum absolute atomic E-state index is 11.7. The van der Waals surface area contributed by atoms with Gasteiger partial charge in [-0.3, -0.25) is 0 Å². The number of esters is 1. The summed E-state index contributed by atoms with van der Waals surface area (Å²) >= 11 is 0. The summed E-state index contributed by atoms with van der Waals surface area (Å²) in [5.41, 5.74) is 1.66. The third kappa shape index (κ3) is 3.33. The predicted molar refractivity (Wildman–Crippen MR) is 72.7 cm³/mol. The minimum atomic E-state index is -0.238. The molecule has 2 nitrogen and oxygen atoms in total. The minimum Gasteiger partial charge on any atom is -0.427 e. The molecule has 0 atom stereocenters. The molecule has 0 aliphatic carbocycles. The molecule has 2 heteroatoms. The minimum absolute atomic E-state index is 0.238. The number of hydrogen-bond acceptors (Lipinski definition) is 2. The van der Waals surface area contributed by atoms with Crippen molar-refractivity contribution in [3.8, 4) is 0 Å². The van der Waals surface area contributed by atoms with Crippen LogP contribution in [0.5, 0.6) is 0 Å². The highest BCUT2D eigenvalue weighted by Crippen LogP contribution is 2.24. The summed E-state index contributed by atoms with van der Waals surface area (Å²) < 4.78 is 5.25. The molecule has 1 aromatic rings. The zero-order valence-corrected chi connectivity index (χ0v) is 10.8. The normalized spacial score (nSPS) is 17.2. The molecule has 0 amide bonds. The molecule has 0 saturated carbocycles. The van der Waals surface area contributed by atoms with Crippen LogP contribution in [0.2, 0.25) is 0 Å². The van der Waals surface area contributed by atoms with Crippen LogP contribution in [0.3, 0.4) is 0 Å². The van der Waals surface area contributed by atoms with Gasteiger partial charge in [0.1, 0.15) is 5.76 Å². The molecule has 1 aliphatic rings. The van der Waals surface area contributed by atoms with Gasteiger partial charge in [-0.1, -0.05) is 44.2 Å². The van der Waals surface area contributed by atoms with Crippen molar-refractivity contribution in [2.24, 2.45) is 5.92 Å². The van der Waals surface area contributed by atoms with Gasteiger partial charge in [0.25, 0.3) is 0 Å². The number of cyclic esters (lactones) is 1. The van der Waals surface area contributed by atoms with Crippen molar-refractivity contribution in [3.63, 3.8) is 0 Å². The average Bonchev–Trinajstić information content (AvgIpc) is 2.69. The zero-order chi connectivity index (χ0) is 13.0. The lowest BCUT2D eigenvalue weighted by molar-refractivity contribution is -0.133. The van der Waals surface area contributed by atoms with Crippen LogP contribution in [-0.2, 0) is 9.53 Å². The Kier molecular flexibility index (Phi) is 3.98. The fourth-order valence-corrected chi connectivity index (χ4v) is 1.82. The zero-order valence-electron chi connectivity index (χ0n) is 10.8. The molecule has 0 radical (unpaired) electrons. The van der Waals surface area contributed by atoms with Crippen molar-refractivity contribution in [3.05, 3.63) is 53.3 Å². The van der Waals surface area contributed by atoms with Crippen molar-refractivity contribution >= 4 is 12.0 Å². The van der Waals surface area contributed by atoms with E-state index in [1.165, 1.54) is 0 Å². The molecule has 94 valence electrons. The molecule has 0 N–H and O–H groups in total. The Bertz CT molecular complexity index is 481. The summed E-state index contributed by atoms with van der Waals surface area (Å²) in [7, 11) is 0. The molecular weight excluding hydrogens is 224 g/mol. The molecule has 1 aromatic carbocycles. The van der Waals surface area contributed by atoms with E-state index in [-0.39, 0.29) is 5.97 Å². The maximum Gasteiger partial charge on any atom is 0.343 e. The number of ether oxygens (including phenoxy) is 1. The van der Waals surface area contributed by atoms with Gasteiger partial charge < -0.3 is 4.74 Å². The van der Waals surface area contributed by atoms with Crippen molar-refractivity contribution in [1.82, 2.24) is 0 Å². The Morgan fingerprint density at radius 1 is 1.22 bits per heavy atom. The molecule has 0 unspecified atom stereocenters. The average molecular weight is 242 g/mol. The van der Waals surface area contributed by atoms with Gasteiger partial charge >= 0.3 is 5.97 Å². The quantitative estimate of drug-likeness (QED) is 0.590. The molecular formula is C16H18O2. The molecule has 1 aliphatic heterocycles. The second-order valence-corrected chi connectivity index (χ2v) is 4.94. The van der Waals surface area contributed by atoms with Crippen molar-refractivity contribution < 1.29 is 9.53 Å². The highest BCUT2D eigenvalue weighted by Gasteiger charge is 2.20. The van der Waals surface area contributed by atoms with Crippen LogP contribution in [0, 0.1) is 5.92 Å². The van der Waals surface area contributed by atoms with Crippen molar-refractivity contribution in [2.75, 3.05) is 0 Å². The molecule has 0 fully saturated rings. The second-order valence-electron chi connectivity index (χ2n) is 4.94. The van der Waals surface area contributed by atoms with Crippen LogP contribution in [-0.4, -0.2) is 5.97 Å². The van der Waals surface area contributed by atoms with E-state index in [2.05, 4.69) is 13.8 Å². The van der Waals surface area contributed by atoms with E-state index in [1.807, 2.05) is 42.5 Å². The Hall–Kier alpha value is -1.83. The third-order valence-corrected chi connectivity index (χ3v) is 2.87. The lowest BCUT2D eigenvalue weighted by Gasteiger charge is -2.03. The lowest BCUT2D eigenvalue weighted by Crippen LogP contribution is -1.98. The first-order chi connectivity index (χ1) is 8.65. The number of rotatable bonds is 4. The number of carbonyl (C=O) groups excluding carboxylic acids is 1. The van der Waals surface area contributed by atoms with E-state index in [0.29, 0.717) is 11.5 Å². The van der Waals surface area contributed by atoms with Crippen LogP contribution >= 0.6 is 0 Å². The van der Waals surface area contributed by atoms with Crippen molar-refractivity contribution in [1.29, 1.82) is 0 Å². The van der Waals surface area contributed by atoms with Crippen LogP contribution in [0.4, 0.5) is 0 Å². The van der Waals surface area contributed by atoms with Crippen LogP contribution in [0.15, 0.2) is 47.7 Å². The topological polar surface area (TPSA) is 26.3 Å². The summed E-state index contributed by atoms with van der Waals surface area (Å²) in [6.45, 7) is 4.33. The summed E-state index contributed by atoms with van der Waals surface area (Å²) in [4.78, 5) is 11.7. The van der Waals surface area contributed by atoms with Gasteiger partial charge in [-0.05, 0) is 30.1 Å². The van der Waals surface area contributed by atoms with Crippen LogP contribution in [0.25, 0.3) is 6.08 Å². The number of hydrogen-bond donors (Lipinski definition) is 0. The first kappa shape index (κ1) is 12.6. The van der Waals surface area contributed by atoms with E-state index < -0.39 is 0 Å². The largest absolute Gasteiger partial charge is 0.427 e. The Morgan fingerprint density at radius 3 is 2.61 bits per heavy atom. The number of allylic oxidation sites excluding steroid dienone is 1. The summed E-state index contributed by atoms with van der Waals surface area (Å²) in [5, 5.41) is 0. The van der Waals surface area contributed by atoms with E-state index in [0.717, 1.165) is 24.2 Å². The highest BCUT2D eigenvalue weighted by molar-refractivity contribution is 5.99. The van der Waals surface area contributed by atoms with E-state index in [1.54, 1.807) is 0 Å². The summed E-state index contributed by atoms with van der Waals surface area (Å²) in [5.74, 6) is 1.17. The van der Waals surface area contributed by atoms with Gasteiger partial charge in [0, 0.05) is 6.42 Å². The van der Waals surface area contributed by atoms with Gasteiger partial charge in [-0.2, -0.15) is 0 Å². The third-order valence-electron chi connectivity index (χ3n) is 2.87. The first-order valence-electron chi connectivity index (χ1n) is 6.34. The molecule has 1 heterocycles. The molecule has 2 rings (SSSR count). The van der Waals surface area contributed by atoms with Crippen LogP contribution in [0.1, 0.15) is 32.3 Å². The number of carbonyl (C=O) groups is 1. The van der Waals surface area contributed by atoms with Gasteiger partial charge in [0.05, 0.1) is 5.57 Å². The van der Waals surface area contributed by atoms with E-state index in [9.17, 15) is 4.79 Å². The molecule has 0 aromatic heterocycles. The molecule has 0 bridgehead atoms. The summed E-state index contributed by atoms with van der Waals surface area (Å²) in [6.07, 6.45) is 5.59. The standard InChI is InChI=1S/C16H18O2/c1-12(2)8-9-15-11-14(16(17)18-15)10-13-6-4-3-5-7-13/h3-7,10-12H,8-9H2,1-2H3/b14-10-. The first-order valence-corrected chi connectivity index (χ1v) is 6.34. The lowest BCUT2D eigenvalue weighted by atomic mass is 10.1. The van der Waals surface area contributed by atoms with Crippen LogP contribution < -0.4 is 0 Å². The fraction of sp³-hybridized carbons (Fsp3) is 0.312. The van der Waals surface area contributed by atoms with Crippen molar-refractivity contribution in [2.45, 2.75) is 26.7 Å². The van der Waals surface area contributed by atoms with Gasteiger partial charge in [-0.15, -0.1) is 0 Å². The monoisotopic (exact) mass is 242 g/mol. The molecule has 0 spiro atoms. The highest BCUT2D eigenvalue weighted by atomic mass is 16.5. The number of benzene rings is 1. The van der Waals surface area contributed by atoms with E-state index in [4.69, 9.17) is 4.74 Å². The Morgan fingerprint density at radius 2 is 1.94 bits per heavy atom. The Balaban J connectivity index is 2.10. The maximum atomic E-state index is 11.7. The summed E-state index contributed by atoms with van der Waals surface area (Å²) in [6, 6.07) is 9.81. The Labute approximate surface area is 108 Å². The van der Waals surface area contributed by atoms with Gasteiger partial charge in [0.15, 0.2) is 0 Å². The fourth-order valence-electron chi connectivity index (χ4n) is 1.82. The van der Waals surface area contributed by atoms with Gasteiger partial charge in [0.2, 0.25) is 0 Å². The SMILES string of the molecule is CC(C)CCC1=C/C(=C/c2ccccc2)C(=O)O1. The molecule has 18 heavy (non-hydrogen) atoms. The van der Waals surface area contributed by atoms with Gasteiger partial charge in [-0.25, -0.2) is 4.79 Å². The predicted octanol–water partition coefficient (Wildman–Crippen LogP) is 3.95.